The molecule has 194 valence electrons. The molecule has 0 aromatic heterocycles. The van der Waals surface area contributed by atoms with E-state index in [0.717, 1.165) is 69.8 Å². The molecule has 0 fully saturated rings. The van der Waals surface area contributed by atoms with Crippen molar-refractivity contribution in [3.8, 4) is 0 Å². The second-order valence-electron chi connectivity index (χ2n) is 9.82. The summed E-state index contributed by atoms with van der Waals surface area (Å²) in [6, 6.07) is 0. The van der Waals surface area contributed by atoms with Crippen LogP contribution in [0.4, 0.5) is 0 Å². The monoisotopic (exact) mass is 525 g/mol. The van der Waals surface area contributed by atoms with Crippen LogP contribution < -0.4 is 0 Å². The van der Waals surface area contributed by atoms with Gasteiger partial charge in [0.2, 0.25) is 5.91 Å². The first kappa shape index (κ1) is 33.0. The molecule has 0 bridgehead atoms. The molecule has 0 rings (SSSR count). The molecule has 0 spiro atoms. The minimum absolute atomic E-state index is 0.403. The fourth-order valence-electron chi connectivity index (χ4n) is 4.44. The summed E-state index contributed by atoms with van der Waals surface area (Å²) in [6.45, 7) is 13.1. The number of carbonyl (C=O) groups is 1. The van der Waals surface area contributed by atoms with E-state index in [1.807, 2.05) is 0 Å². The van der Waals surface area contributed by atoms with E-state index in [4.69, 9.17) is 13.8 Å². The van der Waals surface area contributed by atoms with Gasteiger partial charge in [-0.3, -0.25) is 4.79 Å². The number of hydrogen-bond acceptors (Lipinski definition) is 1. The highest BCUT2D eigenvalue weighted by atomic mass is 79.9. The summed E-state index contributed by atoms with van der Waals surface area (Å²) in [5.41, 5.74) is 0. The molecule has 0 heterocycles. The van der Waals surface area contributed by atoms with Crippen molar-refractivity contribution in [1.82, 2.24) is 4.90 Å². The van der Waals surface area contributed by atoms with Gasteiger partial charge in [-0.25, -0.2) is 0 Å². The van der Waals surface area contributed by atoms with Crippen molar-refractivity contribution in [2.24, 2.45) is 0 Å². The molecule has 0 aliphatic carbocycles. The average molecular weight is 527 g/mol. The lowest BCUT2D eigenvalue weighted by Crippen LogP contribution is -2.32. The summed E-state index contributed by atoms with van der Waals surface area (Å²) in [5, 5.41) is 1.12. The van der Waals surface area contributed by atoms with Crippen LogP contribution in [0.3, 0.4) is 0 Å². The Morgan fingerprint density at radius 2 is 0.818 bits per heavy atom. The number of hydrogen-bond donors (Lipinski definition) is 0. The number of nitrogens with zero attached hydrogens (tertiary/aromatic N) is 1. The normalized spacial score (nSPS) is 11.2. The number of rotatable bonds is 27. The molecule has 3 heteroatoms. The third kappa shape index (κ3) is 24.9. The van der Waals surface area contributed by atoms with Gasteiger partial charge in [-0.1, -0.05) is 125 Å². The average Bonchev–Trinajstić information content (AvgIpc) is 2.82. The zero-order chi connectivity index (χ0) is 24.2. The summed E-state index contributed by atoms with van der Waals surface area (Å²) >= 11 is 3.50. The van der Waals surface area contributed by atoms with E-state index in [2.05, 4.69) is 20.8 Å². The molecule has 0 atom stereocenters. The molecule has 0 aromatic rings. The van der Waals surface area contributed by atoms with Crippen molar-refractivity contribution in [3.63, 3.8) is 0 Å². The highest BCUT2D eigenvalue weighted by Gasteiger charge is 2.12. The maximum absolute atomic E-state index is 12.9. The lowest BCUT2D eigenvalue weighted by molar-refractivity contribution is -0.131. The van der Waals surface area contributed by atoms with Gasteiger partial charge in [0.05, 0.1) is 0 Å². The molecule has 33 heavy (non-hydrogen) atoms. The minimum Gasteiger partial charge on any atom is -0.343 e. The van der Waals surface area contributed by atoms with E-state index in [1.54, 1.807) is 0 Å². The van der Waals surface area contributed by atoms with E-state index < -0.39 is 0 Å². The summed E-state index contributed by atoms with van der Waals surface area (Å²) < 4.78 is 0. The first-order chi connectivity index (χ1) is 16.3. The Morgan fingerprint density at radius 3 is 1.21 bits per heavy atom. The van der Waals surface area contributed by atoms with E-state index in [1.165, 1.54) is 103 Å². The first-order valence-corrected chi connectivity index (χ1v) is 15.6. The van der Waals surface area contributed by atoms with Crippen molar-refractivity contribution in [2.75, 3.05) is 18.4 Å². The molecule has 0 saturated heterocycles. The Balaban J connectivity index is 4.04. The van der Waals surface area contributed by atoms with Crippen molar-refractivity contribution in [1.29, 1.82) is 0 Å². The fraction of sp³-hybridized carbons (Fsp3) is 0.900. The van der Waals surface area contributed by atoms with Crippen LogP contribution in [0.25, 0.3) is 0 Å². The van der Waals surface area contributed by atoms with Crippen LogP contribution in [0.2, 0.25) is 0 Å². The summed E-state index contributed by atoms with van der Waals surface area (Å²) in [6.07, 6.45) is 28.7. The lowest BCUT2D eigenvalue weighted by atomic mass is 10.1. The van der Waals surface area contributed by atoms with Crippen molar-refractivity contribution in [3.05, 3.63) is 13.8 Å². The topological polar surface area (TPSA) is 20.3 Å². The van der Waals surface area contributed by atoms with Gasteiger partial charge >= 0.3 is 0 Å². The SMILES string of the molecule is [CH]CCCCCCCCCN(CCCCCCCCC[CH])C(=O)CCCCCCCCCBr. The Labute approximate surface area is 217 Å². The molecule has 2 nitrogen and oxygen atoms in total. The Morgan fingerprint density at radius 1 is 0.485 bits per heavy atom. The number of amides is 1. The fourth-order valence-corrected chi connectivity index (χ4v) is 4.83. The van der Waals surface area contributed by atoms with Gasteiger partial charge in [-0.15, -0.1) is 0 Å². The third-order valence-corrected chi connectivity index (χ3v) is 7.20. The van der Waals surface area contributed by atoms with Crippen molar-refractivity contribution < 1.29 is 4.79 Å². The van der Waals surface area contributed by atoms with Gasteiger partial charge in [0.25, 0.3) is 0 Å². The summed E-state index contributed by atoms with van der Waals surface area (Å²) in [7, 11) is 0. The predicted octanol–water partition coefficient (Wildman–Crippen LogP) is 9.99. The number of alkyl halides is 1. The Hall–Kier alpha value is -0.0500. The molecule has 0 aliphatic rings. The zero-order valence-electron chi connectivity index (χ0n) is 22.0. The van der Waals surface area contributed by atoms with Crippen molar-refractivity contribution in [2.45, 2.75) is 154 Å². The van der Waals surface area contributed by atoms with Crippen LogP contribution in [0.1, 0.15) is 154 Å². The summed E-state index contributed by atoms with van der Waals surface area (Å²) in [5.74, 6) is 0.403. The first-order valence-electron chi connectivity index (χ1n) is 14.5. The van der Waals surface area contributed by atoms with Gasteiger partial charge < -0.3 is 4.90 Å². The molecule has 0 saturated carbocycles. The highest BCUT2D eigenvalue weighted by molar-refractivity contribution is 9.09. The van der Waals surface area contributed by atoms with Crippen LogP contribution in [0.15, 0.2) is 0 Å². The van der Waals surface area contributed by atoms with Gasteiger partial charge in [0.1, 0.15) is 0 Å². The van der Waals surface area contributed by atoms with Crippen LogP contribution >= 0.6 is 15.9 Å². The molecule has 0 aliphatic heterocycles. The maximum Gasteiger partial charge on any atom is 0.222 e. The second kappa shape index (κ2) is 28.2. The second-order valence-corrected chi connectivity index (χ2v) is 10.6. The molecule has 1 amide bonds. The maximum atomic E-state index is 12.9. The third-order valence-electron chi connectivity index (χ3n) is 6.64. The highest BCUT2D eigenvalue weighted by Crippen LogP contribution is 2.14. The summed E-state index contributed by atoms with van der Waals surface area (Å²) in [4.78, 5) is 15.1. The van der Waals surface area contributed by atoms with E-state index >= 15 is 0 Å². The smallest absolute Gasteiger partial charge is 0.222 e. The molecular weight excluding hydrogens is 470 g/mol. The molecule has 0 unspecified atom stereocenters. The van der Waals surface area contributed by atoms with Crippen molar-refractivity contribution >= 4 is 21.8 Å². The Bertz CT molecular complexity index is 367. The largest absolute Gasteiger partial charge is 0.343 e. The van der Waals surface area contributed by atoms with Gasteiger partial charge in [0, 0.05) is 24.8 Å². The predicted molar refractivity (Wildman–Crippen MR) is 150 cm³/mol. The Kier molecular flexibility index (Phi) is 28.1. The molecule has 0 aromatic carbocycles. The van der Waals surface area contributed by atoms with Crippen LogP contribution in [0, 0.1) is 13.8 Å². The molecular formula is C30H56BrNO. The van der Waals surface area contributed by atoms with Crippen LogP contribution in [-0.4, -0.2) is 29.2 Å². The quantitative estimate of drug-likeness (QED) is 0.0770. The number of carbonyl (C=O) groups excluding carboxylic acids is 1. The standard InChI is InChI=1S/C30H56BrNO/c1-3-5-7-9-11-16-20-24-28-32(29-25-21-17-12-10-8-6-4-2)30(33)26-22-18-14-13-15-19-23-27-31/h1-2H,3-29H2. The minimum atomic E-state index is 0.403. The molecule has 0 N–H and O–H groups in total. The molecule has 4 radical (unpaired) electrons. The van der Waals surface area contributed by atoms with Gasteiger partial charge in [-0.2, -0.15) is 0 Å². The van der Waals surface area contributed by atoms with Gasteiger partial charge in [-0.05, 0) is 52.4 Å². The number of halogens is 1. The van der Waals surface area contributed by atoms with E-state index in [9.17, 15) is 4.79 Å². The van der Waals surface area contributed by atoms with E-state index in [0.29, 0.717) is 5.91 Å². The van der Waals surface area contributed by atoms with E-state index in [-0.39, 0.29) is 0 Å². The van der Waals surface area contributed by atoms with Crippen LogP contribution in [0.5, 0.6) is 0 Å². The zero-order valence-corrected chi connectivity index (χ0v) is 23.6. The van der Waals surface area contributed by atoms with Crippen LogP contribution in [-0.2, 0) is 4.79 Å². The van der Waals surface area contributed by atoms with Gasteiger partial charge in [0.15, 0.2) is 0 Å². The number of unbranched alkanes of at least 4 members (excludes halogenated alkanes) is 20. The lowest BCUT2D eigenvalue weighted by Gasteiger charge is -2.23.